The molecule has 0 aliphatic heterocycles. The van der Waals surface area contributed by atoms with Crippen LogP contribution < -0.4 is 0 Å². The number of hydrogen-bond donors (Lipinski definition) is 2. The molecule has 0 aliphatic rings. The Bertz CT molecular complexity index is 516. The predicted molar refractivity (Wildman–Crippen MR) is 64.7 cm³/mol. The maximum Gasteiger partial charge on any atom is 0.165 e. The molecular weight excluding hydrogens is 200 g/mol. The maximum absolute atomic E-state index is 9.96. The van der Waals surface area contributed by atoms with Crippen LogP contribution in [0.2, 0.25) is 0 Å². The molecule has 2 N–H and O–H groups in total. The minimum atomic E-state index is -0.0382. The van der Waals surface area contributed by atoms with Crippen LogP contribution in [-0.4, -0.2) is 10.2 Å². The highest BCUT2D eigenvalue weighted by atomic mass is 16.3. The van der Waals surface area contributed by atoms with Crippen LogP contribution in [0.15, 0.2) is 36.4 Å². The summed E-state index contributed by atoms with van der Waals surface area (Å²) in [5.74, 6) is -0.0758. The van der Waals surface area contributed by atoms with E-state index >= 15 is 0 Å². The number of phenolic OH excluding ortho intramolecular Hbond substituents is 2. The van der Waals surface area contributed by atoms with Gasteiger partial charge in [0.25, 0.3) is 0 Å². The lowest BCUT2D eigenvalue weighted by atomic mass is 9.97. The predicted octanol–water partition coefficient (Wildman–Crippen LogP) is 3.38. The van der Waals surface area contributed by atoms with Crippen LogP contribution in [0.1, 0.15) is 11.1 Å². The van der Waals surface area contributed by atoms with E-state index in [9.17, 15) is 10.2 Å². The van der Waals surface area contributed by atoms with Crippen LogP contribution in [0.5, 0.6) is 11.5 Å². The van der Waals surface area contributed by atoms with Gasteiger partial charge in [-0.2, -0.15) is 0 Å². The molecule has 2 aromatic carbocycles. The molecule has 0 spiro atoms. The zero-order chi connectivity index (χ0) is 11.7. The largest absolute Gasteiger partial charge is 0.504 e. The fourth-order valence-corrected chi connectivity index (χ4v) is 1.93. The third-order valence-corrected chi connectivity index (χ3v) is 2.72. The van der Waals surface area contributed by atoms with Gasteiger partial charge in [-0.3, -0.25) is 0 Å². The van der Waals surface area contributed by atoms with Crippen molar-refractivity contribution < 1.29 is 10.2 Å². The average Bonchev–Trinajstić information content (AvgIpc) is 2.28. The molecule has 0 aromatic heterocycles. The number of aryl methyl sites for hydroxylation is 2. The van der Waals surface area contributed by atoms with Gasteiger partial charge in [0, 0.05) is 5.56 Å². The Labute approximate surface area is 94.8 Å². The van der Waals surface area contributed by atoms with Gasteiger partial charge in [-0.25, -0.2) is 0 Å². The zero-order valence-electron chi connectivity index (χ0n) is 9.36. The molecule has 0 amide bonds. The summed E-state index contributed by atoms with van der Waals surface area (Å²) in [6.45, 7) is 3.70. The molecule has 0 unspecified atom stereocenters. The number of phenols is 2. The van der Waals surface area contributed by atoms with Crippen LogP contribution in [0.4, 0.5) is 0 Å². The van der Waals surface area contributed by atoms with Gasteiger partial charge in [-0.05, 0) is 30.5 Å². The number of rotatable bonds is 1. The fraction of sp³-hybridized carbons (Fsp3) is 0.143. The van der Waals surface area contributed by atoms with E-state index in [1.165, 1.54) is 0 Å². The highest BCUT2D eigenvalue weighted by Crippen LogP contribution is 2.40. The molecule has 0 saturated carbocycles. The maximum atomic E-state index is 9.96. The van der Waals surface area contributed by atoms with Crippen molar-refractivity contribution in [1.29, 1.82) is 0 Å². The van der Waals surface area contributed by atoms with Gasteiger partial charge in [0.15, 0.2) is 11.5 Å². The van der Waals surface area contributed by atoms with Crippen molar-refractivity contribution >= 4 is 0 Å². The topological polar surface area (TPSA) is 40.5 Å². The highest BCUT2D eigenvalue weighted by Gasteiger charge is 2.13. The minimum absolute atomic E-state index is 0.0375. The van der Waals surface area contributed by atoms with Crippen LogP contribution in [0.25, 0.3) is 11.1 Å². The SMILES string of the molecule is Cc1cc(C)c(-c2ccccc2)c(O)c1O. The van der Waals surface area contributed by atoms with Crippen LogP contribution in [0, 0.1) is 13.8 Å². The Hall–Kier alpha value is -1.96. The lowest BCUT2D eigenvalue weighted by Gasteiger charge is -2.12. The Kier molecular flexibility index (Phi) is 2.57. The van der Waals surface area contributed by atoms with E-state index in [4.69, 9.17) is 0 Å². The molecule has 2 heteroatoms. The molecule has 82 valence electrons. The first kappa shape index (κ1) is 10.6. The quantitative estimate of drug-likeness (QED) is 0.714. The van der Waals surface area contributed by atoms with Crippen LogP contribution in [-0.2, 0) is 0 Å². The number of benzene rings is 2. The first-order valence-corrected chi connectivity index (χ1v) is 5.19. The Balaban J connectivity index is 2.71. The van der Waals surface area contributed by atoms with E-state index in [0.717, 1.165) is 11.1 Å². The van der Waals surface area contributed by atoms with Crippen molar-refractivity contribution in [1.82, 2.24) is 0 Å². The van der Waals surface area contributed by atoms with Crippen molar-refractivity contribution in [3.8, 4) is 22.6 Å². The molecule has 0 radical (unpaired) electrons. The number of hydrogen-bond acceptors (Lipinski definition) is 2. The van der Waals surface area contributed by atoms with Crippen molar-refractivity contribution in [2.75, 3.05) is 0 Å². The number of aromatic hydroxyl groups is 2. The lowest BCUT2D eigenvalue weighted by molar-refractivity contribution is 0.402. The average molecular weight is 214 g/mol. The molecule has 2 rings (SSSR count). The summed E-state index contributed by atoms with van der Waals surface area (Å²) in [6, 6.07) is 11.4. The Morgan fingerprint density at radius 2 is 1.44 bits per heavy atom. The molecule has 0 saturated heterocycles. The van der Waals surface area contributed by atoms with Crippen molar-refractivity contribution in [3.05, 3.63) is 47.5 Å². The minimum Gasteiger partial charge on any atom is -0.504 e. The second-order valence-corrected chi connectivity index (χ2v) is 3.95. The van der Waals surface area contributed by atoms with Gasteiger partial charge >= 0.3 is 0 Å². The van der Waals surface area contributed by atoms with Crippen molar-refractivity contribution in [2.24, 2.45) is 0 Å². The lowest BCUT2D eigenvalue weighted by Crippen LogP contribution is -1.87. The van der Waals surface area contributed by atoms with Gasteiger partial charge in [0.05, 0.1) is 0 Å². The third-order valence-electron chi connectivity index (χ3n) is 2.72. The molecule has 0 heterocycles. The summed E-state index contributed by atoms with van der Waals surface area (Å²) in [7, 11) is 0. The summed E-state index contributed by atoms with van der Waals surface area (Å²) in [4.78, 5) is 0. The van der Waals surface area contributed by atoms with Crippen molar-refractivity contribution in [3.63, 3.8) is 0 Å². The summed E-state index contributed by atoms with van der Waals surface area (Å²) in [6.07, 6.45) is 0. The van der Waals surface area contributed by atoms with E-state index in [1.807, 2.05) is 43.3 Å². The first-order chi connectivity index (χ1) is 7.61. The van der Waals surface area contributed by atoms with E-state index in [0.29, 0.717) is 11.1 Å². The van der Waals surface area contributed by atoms with E-state index in [2.05, 4.69) is 0 Å². The van der Waals surface area contributed by atoms with Gasteiger partial charge < -0.3 is 10.2 Å². The standard InChI is InChI=1S/C14H14O2/c1-9-8-10(2)13(15)14(16)12(9)11-6-4-3-5-7-11/h3-8,15-16H,1-2H3. The molecule has 2 nitrogen and oxygen atoms in total. The summed E-state index contributed by atoms with van der Waals surface area (Å²) < 4.78 is 0. The summed E-state index contributed by atoms with van der Waals surface area (Å²) in [5, 5.41) is 19.7. The van der Waals surface area contributed by atoms with Gasteiger partial charge in [0.2, 0.25) is 0 Å². The highest BCUT2D eigenvalue weighted by molar-refractivity contribution is 5.77. The smallest absolute Gasteiger partial charge is 0.165 e. The van der Waals surface area contributed by atoms with Gasteiger partial charge in [-0.1, -0.05) is 36.4 Å². The molecule has 0 bridgehead atoms. The van der Waals surface area contributed by atoms with E-state index < -0.39 is 0 Å². The monoisotopic (exact) mass is 214 g/mol. The summed E-state index contributed by atoms with van der Waals surface area (Å²) >= 11 is 0. The van der Waals surface area contributed by atoms with E-state index in [-0.39, 0.29) is 11.5 Å². The Morgan fingerprint density at radius 3 is 2.06 bits per heavy atom. The zero-order valence-corrected chi connectivity index (χ0v) is 9.36. The second-order valence-electron chi connectivity index (χ2n) is 3.95. The normalized spacial score (nSPS) is 10.4. The van der Waals surface area contributed by atoms with Gasteiger partial charge in [-0.15, -0.1) is 0 Å². The van der Waals surface area contributed by atoms with Crippen molar-refractivity contribution in [2.45, 2.75) is 13.8 Å². The Morgan fingerprint density at radius 1 is 0.812 bits per heavy atom. The first-order valence-electron chi connectivity index (χ1n) is 5.19. The third kappa shape index (κ3) is 1.63. The fourth-order valence-electron chi connectivity index (χ4n) is 1.93. The molecule has 0 atom stereocenters. The summed E-state index contributed by atoms with van der Waals surface area (Å²) in [5.41, 5.74) is 3.25. The van der Waals surface area contributed by atoms with E-state index in [1.54, 1.807) is 6.92 Å². The van der Waals surface area contributed by atoms with Crippen LogP contribution >= 0.6 is 0 Å². The molecule has 0 aliphatic carbocycles. The van der Waals surface area contributed by atoms with Gasteiger partial charge in [0.1, 0.15) is 0 Å². The molecular formula is C14H14O2. The molecule has 2 aromatic rings. The molecule has 0 fully saturated rings. The van der Waals surface area contributed by atoms with Crippen LogP contribution in [0.3, 0.4) is 0 Å². The molecule has 16 heavy (non-hydrogen) atoms. The second kappa shape index (κ2) is 3.89.